The largest absolute Gasteiger partial charge is 0.321 e. The van der Waals surface area contributed by atoms with Gasteiger partial charge in [-0.15, -0.1) is 0 Å². The van der Waals surface area contributed by atoms with Crippen molar-refractivity contribution in [3.63, 3.8) is 0 Å². The molecule has 0 spiro atoms. The SMILES string of the molecule is Cc1ccc(CN(Cc2cc3ccc(C)c(C)c3[nH]c2=O)S(=O)(=O)c2ccc(C)cc2)cc1. The topological polar surface area (TPSA) is 70.2 Å². The van der Waals surface area contributed by atoms with Gasteiger partial charge in [0, 0.05) is 18.7 Å². The third-order valence-electron chi connectivity index (χ3n) is 6.11. The predicted octanol–water partition coefficient (Wildman–Crippen LogP) is 5.15. The summed E-state index contributed by atoms with van der Waals surface area (Å²) in [5.74, 6) is 0. The van der Waals surface area contributed by atoms with Crippen molar-refractivity contribution < 1.29 is 8.42 Å². The maximum atomic E-state index is 13.6. The Morgan fingerprint density at radius 2 is 1.39 bits per heavy atom. The highest BCUT2D eigenvalue weighted by Gasteiger charge is 2.26. The van der Waals surface area contributed by atoms with E-state index in [4.69, 9.17) is 0 Å². The number of rotatable bonds is 6. The first kappa shape index (κ1) is 23.0. The Morgan fingerprint density at radius 1 is 0.788 bits per heavy atom. The van der Waals surface area contributed by atoms with Crippen molar-refractivity contribution in [1.29, 1.82) is 0 Å². The Labute approximate surface area is 194 Å². The van der Waals surface area contributed by atoms with Crippen LogP contribution in [0.2, 0.25) is 0 Å². The number of benzene rings is 3. The maximum absolute atomic E-state index is 13.6. The van der Waals surface area contributed by atoms with Crippen molar-refractivity contribution in [2.45, 2.75) is 45.7 Å². The number of aromatic amines is 1. The fraction of sp³-hybridized carbons (Fsp3) is 0.222. The number of nitrogens with zero attached hydrogens (tertiary/aromatic N) is 1. The number of aryl methyl sites for hydroxylation is 4. The Balaban J connectivity index is 1.78. The number of sulfonamides is 1. The summed E-state index contributed by atoms with van der Waals surface area (Å²) < 4.78 is 28.6. The molecule has 4 rings (SSSR count). The van der Waals surface area contributed by atoms with Crippen LogP contribution in [0.25, 0.3) is 10.9 Å². The number of hydrogen-bond donors (Lipinski definition) is 1. The first-order chi connectivity index (χ1) is 15.6. The Kier molecular flexibility index (Phi) is 6.23. The van der Waals surface area contributed by atoms with Gasteiger partial charge in [-0.2, -0.15) is 4.31 Å². The van der Waals surface area contributed by atoms with Gasteiger partial charge in [-0.05, 0) is 68.0 Å². The Hall–Kier alpha value is -3.22. The van der Waals surface area contributed by atoms with Gasteiger partial charge in [0.25, 0.3) is 5.56 Å². The molecular weight excluding hydrogens is 432 g/mol. The first-order valence-electron chi connectivity index (χ1n) is 10.9. The molecule has 0 radical (unpaired) electrons. The van der Waals surface area contributed by atoms with Crippen molar-refractivity contribution in [1.82, 2.24) is 9.29 Å². The Bertz CT molecular complexity index is 1470. The molecule has 6 heteroatoms. The third-order valence-corrected chi connectivity index (χ3v) is 7.92. The molecule has 1 heterocycles. The number of pyridine rings is 1. The van der Waals surface area contributed by atoms with E-state index in [0.717, 1.165) is 38.7 Å². The molecule has 0 aliphatic heterocycles. The van der Waals surface area contributed by atoms with E-state index in [0.29, 0.717) is 5.56 Å². The van der Waals surface area contributed by atoms with Crippen LogP contribution in [0, 0.1) is 27.7 Å². The highest BCUT2D eigenvalue weighted by atomic mass is 32.2. The fourth-order valence-electron chi connectivity index (χ4n) is 3.86. The summed E-state index contributed by atoms with van der Waals surface area (Å²) in [4.78, 5) is 16.1. The number of aromatic nitrogens is 1. The molecule has 1 aromatic heterocycles. The minimum absolute atomic E-state index is 0.0255. The lowest BCUT2D eigenvalue weighted by atomic mass is 10.0. The summed E-state index contributed by atoms with van der Waals surface area (Å²) in [5.41, 5.74) is 5.97. The van der Waals surface area contributed by atoms with Gasteiger partial charge in [0.1, 0.15) is 0 Å². The maximum Gasteiger partial charge on any atom is 0.252 e. The normalized spacial score (nSPS) is 11.9. The molecule has 0 bridgehead atoms. The van der Waals surface area contributed by atoms with Crippen LogP contribution in [0.5, 0.6) is 0 Å². The van der Waals surface area contributed by atoms with Crippen LogP contribution in [0.15, 0.2) is 76.4 Å². The minimum atomic E-state index is -3.83. The average Bonchev–Trinajstić information content (AvgIpc) is 2.78. The van der Waals surface area contributed by atoms with Gasteiger partial charge in [0.2, 0.25) is 10.0 Å². The monoisotopic (exact) mass is 460 g/mol. The molecule has 0 unspecified atom stereocenters. The van der Waals surface area contributed by atoms with Gasteiger partial charge < -0.3 is 4.98 Å². The van der Waals surface area contributed by atoms with Gasteiger partial charge in [0.15, 0.2) is 0 Å². The summed E-state index contributed by atoms with van der Waals surface area (Å²) in [5, 5.41) is 0.885. The van der Waals surface area contributed by atoms with Crippen molar-refractivity contribution in [2.24, 2.45) is 0 Å². The van der Waals surface area contributed by atoms with Crippen LogP contribution in [-0.2, 0) is 23.1 Å². The molecular formula is C27H28N2O3S. The van der Waals surface area contributed by atoms with Crippen LogP contribution in [0.4, 0.5) is 0 Å². The van der Waals surface area contributed by atoms with Crippen LogP contribution < -0.4 is 5.56 Å². The summed E-state index contributed by atoms with van der Waals surface area (Å²) in [6, 6.07) is 20.3. The zero-order valence-corrected chi connectivity index (χ0v) is 20.2. The zero-order valence-electron chi connectivity index (χ0n) is 19.3. The molecule has 0 saturated carbocycles. The molecule has 170 valence electrons. The van der Waals surface area contributed by atoms with E-state index < -0.39 is 10.0 Å². The molecule has 0 aliphatic carbocycles. The number of hydrogen-bond acceptors (Lipinski definition) is 3. The van der Waals surface area contributed by atoms with E-state index in [9.17, 15) is 13.2 Å². The van der Waals surface area contributed by atoms with Gasteiger partial charge in [0.05, 0.1) is 10.4 Å². The van der Waals surface area contributed by atoms with Crippen molar-refractivity contribution in [3.05, 3.63) is 110 Å². The van der Waals surface area contributed by atoms with Crippen molar-refractivity contribution >= 4 is 20.9 Å². The molecule has 33 heavy (non-hydrogen) atoms. The lowest BCUT2D eigenvalue weighted by Gasteiger charge is -2.23. The van der Waals surface area contributed by atoms with E-state index in [1.54, 1.807) is 30.3 Å². The summed E-state index contributed by atoms with van der Waals surface area (Å²) in [6.07, 6.45) is 0. The van der Waals surface area contributed by atoms with Gasteiger partial charge >= 0.3 is 0 Å². The molecule has 1 N–H and O–H groups in total. The van der Waals surface area contributed by atoms with E-state index in [-0.39, 0.29) is 23.5 Å². The molecule has 0 amide bonds. The fourth-order valence-corrected chi connectivity index (χ4v) is 5.27. The molecule has 0 fully saturated rings. The second-order valence-corrected chi connectivity index (χ2v) is 10.6. The highest BCUT2D eigenvalue weighted by Crippen LogP contribution is 2.23. The van der Waals surface area contributed by atoms with E-state index in [2.05, 4.69) is 4.98 Å². The summed E-state index contributed by atoms with van der Waals surface area (Å²) in [6.45, 7) is 8.02. The van der Waals surface area contributed by atoms with Gasteiger partial charge in [-0.25, -0.2) is 8.42 Å². The van der Waals surface area contributed by atoms with E-state index in [1.807, 2.05) is 64.1 Å². The van der Waals surface area contributed by atoms with E-state index >= 15 is 0 Å². The lowest BCUT2D eigenvalue weighted by molar-refractivity contribution is 0.400. The lowest BCUT2D eigenvalue weighted by Crippen LogP contribution is -2.32. The van der Waals surface area contributed by atoms with Crippen LogP contribution in [0.1, 0.15) is 33.4 Å². The summed E-state index contributed by atoms with van der Waals surface area (Å²) >= 11 is 0. The highest BCUT2D eigenvalue weighted by molar-refractivity contribution is 7.89. The number of H-pyrrole nitrogens is 1. The third kappa shape index (κ3) is 4.77. The second-order valence-electron chi connectivity index (χ2n) is 8.67. The summed E-state index contributed by atoms with van der Waals surface area (Å²) in [7, 11) is -3.83. The van der Waals surface area contributed by atoms with Gasteiger partial charge in [-0.1, -0.05) is 59.7 Å². The minimum Gasteiger partial charge on any atom is -0.321 e. The van der Waals surface area contributed by atoms with Crippen LogP contribution in [-0.4, -0.2) is 17.7 Å². The molecule has 3 aromatic carbocycles. The second kappa shape index (κ2) is 8.96. The van der Waals surface area contributed by atoms with E-state index in [1.165, 1.54) is 4.31 Å². The van der Waals surface area contributed by atoms with Crippen molar-refractivity contribution in [2.75, 3.05) is 0 Å². The zero-order chi connectivity index (χ0) is 23.8. The molecule has 0 aliphatic rings. The molecule has 0 saturated heterocycles. The van der Waals surface area contributed by atoms with Crippen molar-refractivity contribution in [3.8, 4) is 0 Å². The number of fused-ring (bicyclic) bond motifs is 1. The molecule has 0 atom stereocenters. The first-order valence-corrected chi connectivity index (χ1v) is 12.3. The average molecular weight is 461 g/mol. The van der Waals surface area contributed by atoms with Crippen LogP contribution in [0.3, 0.4) is 0 Å². The smallest absolute Gasteiger partial charge is 0.252 e. The predicted molar refractivity (Wildman–Crippen MR) is 133 cm³/mol. The Morgan fingerprint density at radius 3 is 2.03 bits per heavy atom. The standard InChI is InChI=1S/C27H28N2O3S/c1-18-5-10-22(11-6-18)16-29(33(31,32)25-13-7-19(2)8-14-25)17-24-15-23-12-9-20(3)21(4)26(23)28-27(24)30/h5-15H,16-17H2,1-4H3,(H,28,30). The molecule has 4 aromatic rings. The molecule has 5 nitrogen and oxygen atoms in total. The van der Waals surface area contributed by atoms with Crippen LogP contribution >= 0.6 is 0 Å². The quantitative estimate of drug-likeness (QED) is 0.432. The van der Waals surface area contributed by atoms with Gasteiger partial charge in [-0.3, -0.25) is 4.79 Å². The number of nitrogens with one attached hydrogen (secondary N) is 1.